The predicted octanol–water partition coefficient (Wildman–Crippen LogP) is 1.66. The molecule has 0 aliphatic heterocycles. The molecule has 1 aromatic rings. The van der Waals surface area contributed by atoms with Gasteiger partial charge >= 0.3 is 5.97 Å². The fourth-order valence-electron chi connectivity index (χ4n) is 1.11. The molecule has 0 unspecified atom stereocenters. The number of benzene rings is 1. The van der Waals surface area contributed by atoms with Gasteiger partial charge in [-0.2, -0.15) is 0 Å². The van der Waals surface area contributed by atoms with E-state index in [1.807, 2.05) is 0 Å². The van der Waals surface area contributed by atoms with E-state index < -0.39 is 11.9 Å². The Hall–Kier alpha value is -2.30. The monoisotopic (exact) mass is 235 g/mol. The molecule has 0 spiro atoms. The number of carboxylic acids is 1. The molecule has 5 heteroatoms. The van der Waals surface area contributed by atoms with Crippen LogP contribution in [0.25, 0.3) is 0 Å². The van der Waals surface area contributed by atoms with Gasteiger partial charge in [0.25, 0.3) is 0 Å². The van der Waals surface area contributed by atoms with Gasteiger partial charge in [0.05, 0.1) is 7.11 Å². The van der Waals surface area contributed by atoms with Gasteiger partial charge in [0.1, 0.15) is 5.75 Å². The van der Waals surface area contributed by atoms with Crippen LogP contribution in [-0.4, -0.2) is 24.1 Å². The lowest BCUT2D eigenvalue weighted by Crippen LogP contribution is -2.10. The van der Waals surface area contributed by atoms with Gasteiger partial charge in [-0.3, -0.25) is 4.79 Å². The molecule has 0 saturated carbocycles. The van der Waals surface area contributed by atoms with E-state index in [0.717, 1.165) is 6.08 Å². The van der Waals surface area contributed by atoms with E-state index in [9.17, 15) is 9.59 Å². The molecular formula is C12H13NO4. The zero-order valence-electron chi connectivity index (χ0n) is 9.56. The maximum Gasteiger partial charge on any atom is 0.331 e. The molecule has 1 amide bonds. The van der Waals surface area contributed by atoms with Crippen molar-refractivity contribution in [2.24, 2.45) is 0 Å². The van der Waals surface area contributed by atoms with E-state index >= 15 is 0 Å². The van der Waals surface area contributed by atoms with Crippen LogP contribution in [0.2, 0.25) is 0 Å². The van der Waals surface area contributed by atoms with Crippen LogP contribution in [0, 0.1) is 0 Å². The van der Waals surface area contributed by atoms with Crippen molar-refractivity contribution in [3.63, 3.8) is 0 Å². The van der Waals surface area contributed by atoms with Crippen molar-refractivity contribution in [1.82, 2.24) is 0 Å². The fourth-order valence-corrected chi connectivity index (χ4v) is 1.11. The van der Waals surface area contributed by atoms with Gasteiger partial charge in [-0.15, -0.1) is 0 Å². The van der Waals surface area contributed by atoms with Crippen LogP contribution in [0.1, 0.15) is 6.92 Å². The van der Waals surface area contributed by atoms with Crippen LogP contribution in [0.5, 0.6) is 5.75 Å². The average Bonchev–Trinajstić information content (AvgIpc) is 2.29. The average molecular weight is 235 g/mol. The van der Waals surface area contributed by atoms with Crippen molar-refractivity contribution in [3.8, 4) is 5.75 Å². The van der Waals surface area contributed by atoms with Crippen LogP contribution in [0.3, 0.4) is 0 Å². The molecule has 90 valence electrons. The fraction of sp³-hybridized carbons (Fsp3) is 0.167. The largest absolute Gasteiger partial charge is 0.497 e. The quantitative estimate of drug-likeness (QED) is 0.778. The number of rotatable bonds is 4. The Morgan fingerprint density at radius 1 is 1.29 bits per heavy atom. The van der Waals surface area contributed by atoms with Gasteiger partial charge in [0.2, 0.25) is 5.91 Å². The number of aliphatic carboxylic acids is 1. The summed E-state index contributed by atoms with van der Waals surface area (Å²) < 4.78 is 4.97. The third-order valence-corrected chi connectivity index (χ3v) is 2.04. The minimum atomic E-state index is -1.12. The lowest BCUT2D eigenvalue weighted by Gasteiger charge is -2.04. The third kappa shape index (κ3) is 3.98. The molecule has 0 aliphatic carbocycles. The molecule has 17 heavy (non-hydrogen) atoms. The summed E-state index contributed by atoms with van der Waals surface area (Å²) in [7, 11) is 1.55. The molecule has 0 bridgehead atoms. The van der Waals surface area contributed by atoms with E-state index in [-0.39, 0.29) is 5.57 Å². The summed E-state index contributed by atoms with van der Waals surface area (Å²) in [6.07, 6.45) is 1.03. The van der Waals surface area contributed by atoms with Gasteiger partial charge < -0.3 is 15.2 Å². The lowest BCUT2D eigenvalue weighted by molar-refractivity contribution is -0.132. The third-order valence-electron chi connectivity index (χ3n) is 2.04. The Bertz CT molecular complexity index is 448. The van der Waals surface area contributed by atoms with Crippen molar-refractivity contribution < 1.29 is 19.4 Å². The van der Waals surface area contributed by atoms with Crippen LogP contribution >= 0.6 is 0 Å². The van der Waals surface area contributed by atoms with Gasteiger partial charge in [0.15, 0.2) is 0 Å². The van der Waals surface area contributed by atoms with Crippen LogP contribution in [-0.2, 0) is 9.59 Å². The molecule has 0 fully saturated rings. The van der Waals surface area contributed by atoms with E-state index in [1.54, 1.807) is 31.4 Å². The van der Waals surface area contributed by atoms with Gasteiger partial charge in [-0.05, 0) is 31.2 Å². The number of anilines is 1. The van der Waals surface area contributed by atoms with Crippen molar-refractivity contribution in [1.29, 1.82) is 0 Å². The molecule has 0 aromatic heterocycles. The number of hydrogen-bond donors (Lipinski definition) is 2. The van der Waals surface area contributed by atoms with Crippen LogP contribution < -0.4 is 10.1 Å². The van der Waals surface area contributed by atoms with Crippen molar-refractivity contribution in [3.05, 3.63) is 35.9 Å². The molecule has 5 nitrogen and oxygen atoms in total. The normalized spacial score (nSPS) is 10.8. The van der Waals surface area contributed by atoms with E-state index in [4.69, 9.17) is 9.84 Å². The maximum atomic E-state index is 11.4. The number of carboxylic acid groups (broad SMARTS) is 1. The van der Waals surface area contributed by atoms with Crippen LogP contribution in [0.4, 0.5) is 5.69 Å². The molecule has 1 rings (SSSR count). The van der Waals surface area contributed by atoms with Crippen molar-refractivity contribution >= 4 is 17.6 Å². The summed E-state index contributed by atoms with van der Waals surface area (Å²) >= 11 is 0. The molecule has 2 N–H and O–H groups in total. The highest BCUT2D eigenvalue weighted by Gasteiger charge is 2.04. The summed E-state index contributed by atoms with van der Waals surface area (Å²) in [5.41, 5.74) is 0.557. The Balaban J connectivity index is 2.68. The lowest BCUT2D eigenvalue weighted by atomic mass is 10.2. The number of nitrogens with one attached hydrogen (secondary N) is 1. The Morgan fingerprint density at radius 3 is 2.35 bits per heavy atom. The Morgan fingerprint density at radius 2 is 1.88 bits per heavy atom. The van der Waals surface area contributed by atoms with Gasteiger partial charge in [0, 0.05) is 17.3 Å². The highest BCUT2D eigenvalue weighted by Crippen LogP contribution is 2.14. The van der Waals surface area contributed by atoms with Gasteiger partial charge in [-0.1, -0.05) is 0 Å². The first-order valence-electron chi connectivity index (χ1n) is 4.89. The summed E-state index contributed by atoms with van der Waals surface area (Å²) in [4.78, 5) is 21.9. The highest BCUT2D eigenvalue weighted by molar-refractivity contribution is 6.04. The smallest absolute Gasteiger partial charge is 0.331 e. The van der Waals surface area contributed by atoms with Crippen molar-refractivity contribution in [2.45, 2.75) is 6.92 Å². The maximum absolute atomic E-state index is 11.4. The molecular weight excluding hydrogens is 222 g/mol. The minimum Gasteiger partial charge on any atom is -0.497 e. The summed E-state index contributed by atoms with van der Waals surface area (Å²) in [6, 6.07) is 6.73. The Labute approximate surface area is 98.7 Å². The second-order valence-electron chi connectivity index (χ2n) is 3.35. The van der Waals surface area contributed by atoms with Gasteiger partial charge in [-0.25, -0.2) is 4.79 Å². The SMILES string of the molecule is COc1ccc(NC(=O)C=C(C)C(=O)O)cc1. The Kier molecular flexibility index (Phi) is 4.28. The number of carbonyl (C=O) groups is 2. The molecule has 0 saturated heterocycles. The van der Waals surface area contributed by atoms with Crippen molar-refractivity contribution in [2.75, 3.05) is 12.4 Å². The zero-order valence-corrected chi connectivity index (χ0v) is 9.56. The second-order valence-corrected chi connectivity index (χ2v) is 3.35. The van der Waals surface area contributed by atoms with E-state index in [2.05, 4.69) is 5.32 Å². The first kappa shape index (κ1) is 12.8. The van der Waals surface area contributed by atoms with Crippen LogP contribution in [0.15, 0.2) is 35.9 Å². The number of hydrogen-bond acceptors (Lipinski definition) is 3. The number of amides is 1. The van der Waals surface area contributed by atoms with E-state index in [1.165, 1.54) is 6.92 Å². The number of carbonyl (C=O) groups excluding carboxylic acids is 1. The molecule has 0 heterocycles. The molecule has 0 radical (unpaired) electrons. The summed E-state index contributed by atoms with van der Waals surface area (Å²) in [5.74, 6) is -0.912. The number of ether oxygens (including phenoxy) is 1. The minimum absolute atomic E-state index is 0.0176. The zero-order chi connectivity index (χ0) is 12.8. The highest BCUT2D eigenvalue weighted by atomic mass is 16.5. The molecule has 0 atom stereocenters. The molecule has 0 aliphatic rings. The van der Waals surface area contributed by atoms with E-state index in [0.29, 0.717) is 11.4 Å². The predicted molar refractivity (Wildman–Crippen MR) is 63.0 cm³/mol. The number of methoxy groups -OCH3 is 1. The first-order valence-corrected chi connectivity index (χ1v) is 4.89. The topological polar surface area (TPSA) is 75.6 Å². The standard InChI is InChI=1S/C12H13NO4/c1-8(12(15)16)7-11(14)13-9-3-5-10(17-2)6-4-9/h3-7H,1-2H3,(H,13,14)(H,15,16). The second kappa shape index (κ2) is 5.69. The summed E-state index contributed by atoms with van der Waals surface area (Å²) in [5, 5.41) is 11.1. The molecule has 1 aromatic carbocycles. The summed E-state index contributed by atoms with van der Waals surface area (Å²) in [6.45, 7) is 1.36. The first-order chi connectivity index (χ1) is 8.02.